The quantitative estimate of drug-likeness (QED) is 0.867. The van der Waals surface area contributed by atoms with Gasteiger partial charge in [-0.15, -0.1) is 0 Å². The Kier molecular flexibility index (Phi) is 5.26. The molecule has 0 amide bonds. The van der Waals surface area contributed by atoms with Crippen LogP contribution in [0, 0.1) is 0 Å². The topological polar surface area (TPSA) is 33.7 Å². The fraction of sp³-hybridized carbons (Fsp3) is 0.625. The van der Waals surface area contributed by atoms with Gasteiger partial charge in [0.1, 0.15) is 0 Å². The number of hydrogen-bond acceptors (Lipinski definition) is 4. The summed E-state index contributed by atoms with van der Waals surface area (Å²) in [5.41, 5.74) is 2.37. The molecule has 0 unspecified atom stereocenters. The van der Waals surface area contributed by atoms with E-state index in [1.807, 2.05) is 0 Å². The molecule has 1 heterocycles. The fourth-order valence-electron chi connectivity index (χ4n) is 2.22. The van der Waals surface area contributed by atoms with Crippen LogP contribution in [0.1, 0.15) is 20.3 Å². The molecule has 0 aliphatic carbocycles. The first-order valence-corrected chi connectivity index (χ1v) is 7.32. The van der Waals surface area contributed by atoms with Crippen LogP contribution in [-0.2, 0) is 9.47 Å². The lowest BCUT2D eigenvalue weighted by atomic mass is 10.1. The van der Waals surface area contributed by atoms with Crippen LogP contribution in [0.5, 0.6) is 0 Å². The van der Waals surface area contributed by atoms with Crippen LogP contribution in [0.2, 0.25) is 0 Å². The first kappa shape index (κ1) is 15.1. The first-order valence-electron chi connectivity index (χ1n) is 7.32. The number of ether oxygens (including phenoxy) is 2. The van der Waals surface area contributed by atoms with Gasteiger partial charge in [0, 0.05) is 38.1 Å². The highest BCUT2D eigenvalue weighted by atomic mass is 16.5. The van der Waals surface area contributed by atoms with Crippen LogP contribution in [0.4, 0.5) is 11.4 Å². The number of methoxy groups -OCH3 is 1. The molecular weight excluding hydrogens is 252 g/mol. The average molecular weight is 278 g/mol. The van der Waals surface area contributed by atoms with Crippen molar-refractivity contribution in [1.29, 1.82) is 0 Å². The lowest BCUT2D eigenvalue weighted by molar-refractivity contribution is 0.0185. The van der Waals surface area contributed by atoms with E-state index in [2.05, 4.69) is 48.3 Å². The third kappa shape index (κ3) is 4.39. The first-order chi connectivity index (χ1) is 9.61. The molecule has 0 bridgehead atoms. The van der Waals surface area contributed by atoms with Gasteiger partial charge in [-0.05, 0) is 44.5 Å². The lowest BCUT2D eigenvalue weighted by Gasteiger charge is -2.29. The Hall–Kier alpha value is -1.26. The summed E-state index contributed by atoms with van der Waals surface area (Å²) >= 11 is 0. The van der Waals surface area contributed by atoms with Gasteiger partial charge in [-0.1, -0.05) is 0 Å². The summed E-state index contributed by atoms with van der Waals surface area (Å²) in [6.07, 6.45) is 0.981. The van der Waals surface area contributed by atoms with Crippen LogP contribution in [0.3, 0.4) is 0 Å². The summed E-state index contributed by atoms with van der Waals surface area (Å²) in [4.78, 5) is 2.36. The van der Waals surface area contributed by atoms with Crippen LogP contribution in [-0.4, -0.2) is 45.6 Å². The zero-order valence-corrected chi connectivity index (χ0v) is 12.8. The minimum atomic E-state index is -0.0687. The second-order valence-electron chi connectivity index (χ2n) is 5.79. The largest absolute Gasteiger partial charge is 0.385 e. The molecule has 0 spiro atoms. The van der Waals surface area contributed by atoms with Gasteiger partial charge in [-0.3, -0.25) is 0 Å². The van der Waals surface area contributed by atoms with E-state index in [-0.39, 0.29) is 5.60 Å². The predicted molar refractivity (Wildman–Crippen MR) is 83.7 cm³/mol. The van der Waals surface area contributed by atoms with Crippen molar-refractivity contribution in [1.82, 2.24) is 0 Å². The lowest BCUT2D eigenvalue weighted by Crippen LogP contribution is -2.36. The summed E-state index contributed by atoms with van der Waals surface area (Å²) < 4.78 is 10.8. The molecule has 1 aromatic rings. The molecule has 1 saturated heterocycles. The molecule has 1 fully saturated rings. The zero-order chi connectivity index (χ0) is 14.4. The van der Waals surface area contributed by atoms with E-state index in [0.717, 1.165) is 45.0 Å². The molecule has 0 radical (unpaired) electrons. The smallest absolute Gasteiger partial charge is 0.0642 e. The summed E-state index contributed by atoms with van der Waals surface area (Å²) in [7, 11) is 1.76. The minimum Gasteiger partial charge on any atom is -0.385 e. The Morgan fingerprint density at radius 1 is 1.20 bits per heavy atom. The van der Waals surface area contributed by atoms with Crippen molar-refractivity contribution in [2.24, 2.45) is 0 Å². The maximum atomic E-state index is 5.42. The highest BCUT2D eigenvalue weighted by molar-refractivity contribution is 5.55. The third-order valence-electron chi connectivity index (χ3n) is 3.85. The summed E-state index contributed by atoms with van der Waals surface area (Å²) in [5.74, 6) is 0. The van der Waals surface area contributed by atoms with Crippen molar-refractivity contribution >= 4 is 11.4 Å². The summed E-state index contributed by atoms with van der Waals surface area (Å²) in [5, 5.41) is 3.44. The number of anilines is 2. The van der Waals surface area contributed by atoms with Gasteiger partial charge >= 0.3 is 0 Å². The molecule has 1 aliphatic heterocycles. The fourth-order valence-corrected chi connectivity index (χ4v) is 2.22. The maximum Gasteiger partial charge on any atom is 0.0642 e. The maximum absolute atomic E-state index is 5.42. The zero-order valence-electron chi connectivity index (χ0n) is 12.8. The van der Waals surface area contributed by atoms with Gasteiger partial charge in [-0.25, -0.2) is 0 Å². The number of benzene rings is 1. The molecule has 20 heavy (non-hydrogen) atoms. The Morgan fingerprint density at radius 2 is 1.85 bits per heavy atom. The van der Waals surface area contributed by atoms with Crippen molar-refractivity contribution in [2.45, 2.75) is 25.9 Å². The second-order valence-corrected chi connectivity index (χ2v) is 5.79. The molecule has 0 saturated carbocycles. The minimum absolute atomic E-state index is 0.0687. The Bertz CT molecular complexity index is 397. The molecule has 1 aromatic carbocycles. The molecule has 0 atom stereocenters. The van der Waals surface area contributed by atoms with Crippen molar-refractivity contribution in [3.63, 3.8) is 0 Å². The van der Waals surface area contributed by atoms with E-state index in [9.17, 15) is 0 Å². The van der Waals surface area contributed by atoms with E-state index in [4.69, 9.17) is 9.47 Å². The molecule has 0 aromatic heterocycles. The van der Waals surface area contributed by atoms with Crippen molar-refractivity contribution in [2.75, 3.05) is 50.2 Å². The van der Waals surface area contributed by atoms with Gasteiger partial charge in [0.15, 0.2) is 0 Å². The normalized spacial score (nSPS) is 16.2. The van der Waals surface area contributed by atoms with Gasteiger partial charge in [-0.2, -0.15) is 0 Å². The monoisotopic (exact) mass is 278 g/mol. The van der Waals surface area contributed by atoms with Crippen LogP contribution in [0.25, 0.3) is 0 Å². The number of hydrogen-bond donors (Lipinski definition) is 1. The van der Waals surface area contributed by atoms with Gasteiger partial charge in [0.2, 0.25) is 0 Å². The van der Waals surface area contributed by atoms with Gasteiger partial charge < -0.3 is 19.7 Å². The molecule has 112 valence electrons. The molecule has 1 N–H and O–H groups in total. The number of rotatable bonds is 6. The van der Waals surface area contributed by atoms with Crippen LogP contribution < -0.4 is 10.2 Å². The molecule has 2 rings (SSSR count). The average Bonchev–Trinajstić information content (AvgIpc) is 2.49. The number of nitrogens with one attached hydrogen (secondary N) is 1. The van der Waals surface area contributed by atoms with E-state index in [0.29, 0.717) is 0 Å². The molecule has 4 heteroatoms. The van der Waals surface area contributed by atoms with Crippen LogP contribution in [0.15, 0.2) is 24.3 Å². The summed E-state index contributed by atoms with van der Waals surface area (Å²) in [6, 6.07) is 8.64. The number of nitrogens with zero attached hydrogens (tertiary/aromatic N) is 1. The van der Waals surface area contributed by atoms with E-state index >= 15 is 0 Å². The standard InChI is InChI=1S/C16H26N2O2/c1-16(2,19-3)8-9-17-14-4-6-15(7-5-14)18-10-12-20-13-11-18/h4-7,17H,8-13H2,1-3H3. The highest BCUT2D eigenvalue weighted by Crippen LogP contribution is 2.19. The summed E-state index contributed by atoms with van der Waals surface area (Å²) in [6.45, 7) is 8.74. The van der Waals surface area contributed by atoms with Gasteiger partial charge in [0.25, 0.3) is 0 Å². The molecule has 1 aliphatic rings. The van der Waals surface area contributed by atoms with E-state index in [1.54, 1.807) is 7.11 Å². The van der Waals surface area contributed by atoms with Crippen molar-refractivity contribution in [3.8, 4) is 0 Å². The Morgan fingerprint density at radius 3 is 2.45 bits per heavy atom. The third-order valence-corrected chi connectivity index (χ3v) is 3.85. The number of morpholine rings is 1. The van der Waals surface area contributed by atoms with Crippen molar-refractivity contribution in [3.05, 3.63) is 24.3 Å². The van der Waals surface area contributed by atoms with E-state index < -0.39 is 0 Å². The SMILES string of the molecule is COC(C)(C)CCNc1ccc(N2CCOCC2)cc1. The Labute approximate surface area is 122 Å². The van der Waals surface area contributed by atoms with E-state index in [1.165, 1.54) is 5.69 Å². The highest BCUT2D eigenvalue weighted by Gasteiger charge is 2.15. The molecule has 4 nitrogen and oxygen atoms in total. The van der Waals surface area contributed by atoms with Crippen molar-refractivity contribution < 1.29 is 9.47 Å². The van der Waals surface area contributed by atoms with Crippen LogP contribution >= 0.6 is 0 Å². The molecular formula is C16H26N2O2. The Balaban J connectivity index is 1.82. The predicted octanol–water partition coefficient (Wildman–Crippen LogP) is 2.75. The second kappa shape index (κ2) is 6.95. The van der Waals surface area contributed by atoms with Gasteiger partial charge in [0.05, 0.1) is 18.8 Å².